The van der Waals surface area contributed by atoms with E-state index in [-0.39, 0.29) is 10.0 Å². The van der Waals surface area contributed by atoms with Crippen molar-refractivity contribution < 1.29 is 17.5 Å². The third-order valence-electron chi connectivity index (χ3n) is 4.83. The molecule has 6 nitrogen and oxygen atoms in total. The summed E-state index contributed by atoms with van der Waals surface area (Å²) in [4.78, 5) is 6.35. The number of hydrogen-bond donors (Lipinski definition) is 0. The zero-order valence-corrected chi connectivity index (χ0v) is 17.4. The maximum absolute atomic E-state index is 13.1. The molecule has 0 amide bonds. The summed E-state index contributed by atoms with van der Waals surface area (Å²) in [5, 5.41) is 0.552. The van der Waals surface area contributed by atoms with E-state index in [4.69, 9.17) is 4.74 Å². The Morgan fingerprint density at radius 2 is 1.72 bits per heavy atom. The van der Waals surface area contributed by atoms with E-state index < -0.39 is 10.0 Å². The number of methoxy groups -OCH3 is 1. The number of aromatic nitrogens is 1. The average Bonchev–Trinajstić information content (AvgIpc) is 3.25. The van der Waals surface area contributed by atoms with Crippen LogP contribution in [0.25, 0.3) is 10.6 Å². The third kappa shape index (κ3) is 3.98. The Labute approximate surface area is 173 Å². The van der Waals surface area contributed by atoms with E-state index in [0.29, 0.717) is 36.8 Å². The van der Waals surface area contributed by atoms with Crippen LogP contribution in [0, 0.1) is 5.82 Å². The van der Waals surface area contributed by atoms with Gasteiger partial charge in [-0.25, -0.2) is 17.8 Å². The minimum atomic E-state index is -3.62. The molecule has 1 saturated heterocycles. The number of benzene rings is 2. The lowest BCUT2D eigenvalue weighted by molar-refractivity contribution is 0.379. The smallest absolute Gasteiger partial charge is 0.254 e. The molecular formula is C20H20FN3O3S2. The third-order valence-corrected chi connectivity index (χ3v) is 8.22. The van der Waals surface area contributed by atoms with Gasteiger partial charge < -0.3 is 9.64 Å². The van der Waals surface area contributed by atoms with Crippen LogP contribution in [0.15, 0.2) is 58.9 Å². The number of rotatable bonds is 5. The van der Waals surface area contributed by atoms with E-state index in [0.717, 1.165) is 22.8 Å². The highest BCUT2D eigenvalue weighted by Gasteiger charge is 2.31. The lowest BCUT2D eigenvalue weighted by Crippen LogP contribution is -2.48. The minimum Gasteiger partial charge on any atom is -0.495 e. The topological polar surface area (TPSA) is 62.7 Å². The van der Waals surface area contributed by atoms with Gasteiger partial charge in [0, 0.05) is 31.7 Å². The first-order valence-electron chi connectivity index (χ1n) is 9.09. The van der Waals surface area contributed by atoms with Crippen molar-refractivity contribution in [2.24, 2.45) is 0 Å². The quantitative estimate of drug-likeness (QED) is 0.617. The van der Waals surface area contributed by atoms with Gasteiger partial charge in [0.25, 0.3) is 10.0 Å². The molecule has 0 radical (unpaired) electrons. The predicted molar refractivity (Wildman–Crippen MR) is 111 cm³/mol. The molecule has 4 rings (SSSR count). The van der Waals surface area contributed by atoms with Gasteiger partial charge in [-0.05, 0) is 36.4 Å². The summed E-state index contributed by atoms with van der Waals surface area (Å²) < 4.78 is 46.3. The largest absolute Gasteiger partial charge is 0.495 e. The van der Waals surface area contributed by atoms with Crippen LogP contribution in [-0.2, 0) is 10.0 Å². The van der Waals surface area contributed by atoms with Crippen LogP contribution in [-0.4, -0.2) is 51.0 Å². The molecule has 1 aliphatic rings. The molecule has 2 aromatic carbocycles. The molecule has 0 N–H and O–H groups in total. The van der Waals surface area contributed by atoms with Crippen LogP contribution >= 0.6 is 11.3 Å². The number of piperazine rings is 1. The molecule has 0 spiro atoms. The number of thiazole rings is 1. The second-order valence-corrected chi connectivity index (χ2v) is 9.75. The van der Waals surface area contributed by atoms with Crippen molar-refractivity contribution in [1.82, 2.24) is 9.29 Å². The van der Waals surface area contributed by atoms with Crippen molar-refractivity contribution in [3.05, 3.63) is 60.5 Å². The molecule has 0 atom stereocenters. The van der Waals surface area contributed by atoms with E-state index in [9.17, 15) is 12.8 Å². The Kier molecular flexibility index (Phi) is 5.53. The van der Waals surface area contributed by atoms with Crippen LogP contribution in [0.2, 0.25) is 0 Å². The number of ether oxygens (including phenoxy) is 1. The predicted octanol–water partition coefficient (Wildman–Crippen LogP) is 3.47. The maximum Gasteiger partial charge on any atom is 0.254 e. The molecular weight excluding hydrogens is 413 g/mol. The fourth-order valence-corrected chi connectivity index (χ4v) is 6.01. The van der Waals surface area contributed by atoms with E-state index in [1.807, 2.05) is 24.3 Å². The molecule has 0 saturated carbocycles. The van der Waals surface area contributed by atoms with Gasteiger partial charge in [0.2, 0.25) is 0 Å². The highest BCUT2D eigenvalue weighted by Crippen LogP contribution is 2.32. The number of hydrogen-bond acceptors (Lipinski definition) is 6. The van der Waals surface area contributed by atoms with Crippen LogP contribution in [0.3, 0.4) is 0 Å². The number of nitrogens with zero attached hydrogens (tertiary/aromatic N) is 3. The summed E-state index contributed by atoms with van der Waals surface area (Å²) in [6.45, 7) is 1.90. The van der Waals surface area contributed by atoms with Crippen LogP contribution < -0.4 is 9.64 Å². The molecule has 9 heteroatoms. The summed E-state index contributed by atoms with van der Waals surface area (Å²) in [7, 11) is -1.99. The summed E-state index contributed by atoms with van der Waals surface area (Å²) in [6.07, 6.45) is 1.38. The molecule has 0 aliphatic carbocycles. The lowest BCUT2D eigenvalue weighted by atomic mass is 10.2. The monoisotopic (exact) mass is 433 g/mol. The van der Waals surface area contributed by atoms with Crippen molar-refractivity contribution in [3.63, 3.8) is 0 Å². The molecule has 3 aromatic rings. The second-order valence-electron chi connectivity index (χ2n) is 6.55. The Morgan fingerprint density at radius 1 is 1.03 bits per heavy atom. The lowest BCUT2D eigenvalue weighted by Gasteiger charge is -2.35. The summed E-state index contributed by atoms with van der Waals surface area (Å²) >= 11 is 1.10. The van der Waals surface area contributed by atoms with Gasteiger partial charge in [-0.2, -0.15) is 4.31 Å². The van der Waals surface area contributed by atoms with E-state index >= 15 is 0 Å². The van der Waals surface area contributed by atoms with Crippen LogP contribution in [0.5, 0.6) is 5.75 Å². The van der Waals surface area contributed by atoms with E-state index in [2.05, 4.69) is 9.88 Å². The van der Waals surface area contributed by atoms with Crippen molar-refractivity contribution in [3.8, 4) is 16.3 Å². The fourth-order valence-electron chi connectivity index (χ4n) is 3.29. The van der Waals surface area contributed by atoms with Gasteiger partial charge in [-0.15, -0.1) is 11.3 Å². The Bertz CT molecular complexity index is 1090. The molecule has 1 fully saturated rings. The zero-order valence-electron chi connectivity index (χ0n) is 15.8. The highest BCUT2D eigenvalue weighted by atomic mass is 32.2. The number of anilines is 1. The summed E-state index contributed by atoms with van der Waals surface area (Å²) in [5.74, 6) is 0.432. The van der Waals surface area contributed by atoms with Gasteiger partial charge >= 0.3 is 0 Å². The first kappa shape index (κ1) is 19.8. The van der Waals surface area contributed by atoms with Crippen molar-refractivity contribution >= 4 is 27.0 Å². The van der Waals surface area contributed by atoms with Crippen molar-refractivity contribution in [2.75, 3.05) is 38.2 Å². The van der Waals surface area contributed by atoms with Crippen molar-refractivity contribution in [2.45, 2.75) is 4.21 Å². The summed E-state index contributed by atoms with van der Waals surface area (Å²) in [5.41, 5.74) is 1.65. The van der Waals surface area contributed by atoms with Gasteiger partial charge in [-0.1, -0.05) is 12.1 Å². The van der Waals surface area contributed by atoms with Crippen LogP contribution in [0.1, 0.15) is 0 Å². The van der Waals surface area contributed by atoms with Gasteiger partial charge in [0.1, 0.15) is 16.6 Å². The minimum absolute atomic E-state index is 0.197. The first-order chi connectivity index (χ1) is 14.0. The first-order valence-corrected chi connectivity index (χ1v) is 11.3. The second kappa shape index (κ2) is 8.10. The molecule has 0 bridgehead atoms. The Morgan fingerprint density at radius 3 is 2.41 bits per heavy atom. The number of para-hydroxylation sites is 2. The molecule has 1 aliphatic heterocycles. The molecule has 0 unspecified atom stereocenters. The van der Waals surface area contributed by atoms with Gasteiger partial charge in [-0.3, -0.25) is 0 Å². The summed E-state index contributed by atoms with van der Waals surface area (Å²) in [6, 6.07) is 13.6. The van der Waals surface area contributed by atoms with E-state index in [1.54, 1.807) is 19.2 Å². The molecule has 2 heterocycles. The highest BCUT2D eigenvalue weighted by molar-refractivity contribution is 7.91. The van der Waals surface area contributed by atoms with Crippen molar-refractivity contribution in [1.29, 1.82) is 0 Å². The van der Waals surface area contributed by atoms with Gasteiger partial charge in [0.15, 0.2) is 4.21 Å². The normalized spacial score (nSPS) is 15.4. The molecule has 29 heavy (non-hydrogen) atoms. The fraction of sp³-hybridized carbons (Fsp3) is 0.250. The Balaban J connectivity index is 1.49. The maximum atomic E-state index is 13.1. The Hall–Kier alpha value is -2.49. The number of sulfonamides is 1. The standard InChI is InChI=1S/C20H20FN3O3S2/c1-27-18-5-3-2-4-17(18)23-10-12-24(13-11-23)29(25,26)19-14-22-20(28-19)15-6-8-16(21)9-7-15/h2-9,14H,10-13H2,1H3. The number of halogens is 1. The molecule has 152 valence electrons. The van der Waals surface area contributed by atoms with E-state index in [1.165, 1.54) is 22.6 Å². The van der Waals surface area contributed by atoms with Gasteiger partial charge in [0.05, 0.1) is 19.0 Å². The van der Waals surface area contributed by atoms with Crippen LogP contribution in [0.4, 0.5) is 10.1 Å². The zero-order chi connectivity index (χ0) is 20.4. The average molecular weight is 434 g/mol. The SMILES string of the molecule is COc1ccccc1N1CCN(S(=O)(=O)c2cnc(-c3ccc(F)cc3)s2)CC1. The molecule has 1 aromatic heterocycles.